The van der Waals surface area contributed by atoms with Crippen LogP contribution in [0.25, 0.3) is 27.9 Å². The summed E-state index contributed by atoms with van der Waals surface area (Å²) in [4.78, 5) is 7.44. The first-order valence-corrected chi connectivity index (χ1v) is 7.90. The van der Waals surface area contributed by atoms with Gasteiger partial charge in [-0.05, 0) is 31.2 Å². The molecule has 0 aliphatic heterocycles. The Morgan fingerprint density at radius 2 is 2.20 bits per heavy atom. The number of furan rings is 1. The van der Waals surface area contributed by atoms with Crippen LogP contribution in [-0.4, -0.2) is 23.2 Å². The number of pyridine rings is 1. The van der Waals surface area contributed by atoms with Crippen LogP contribution < -0.4 is 0 Å². The molecule has 4 nitrogen and oxygen atoms in total. The summed E-state index contributed by atoms with van der Waals surface area (Å²) in [5, 5.41) is 0.762. The van der Waals surface area contributed by atoms with E-state index in [1.54, 1.807) is 12.4 Å². The topological polar surface area (TPSA) is 51.0 Å². The van der Waals surface area contributed by atoms with Gasteiger partial charge in [0.25, 0.3) is 0 Å². The number of nitrogens with one attached hydrogen (secondary N) is 1. The number of ether oxygens (including phenoxy) is 1. The standard InChI is InChI=1S/C19H16F2N2O2/c1-10-3-4-17(25-10)11-5-14-15(9-23-19(14)22-8-11)13-6-12(20)7-16(21)18(13)24-2/h3-5,7-9,12H,6H2,1-2H3,(H,22,23). The van der Waals surface area contributed by atoms with Gasteiger partial charge in [0.15, 0.2) is 11.6 Å². The second kappa shape index (κ2) is 5.88. The fourth-order valence-corrected chi connectivity index (χ4v) is 3.16. The SMILES string of the molecule is COC1=C(c2c[nH]c3ncc(-c4ccc(C)o4)cc23)CC(F)C=C1F. The molecule has 0 amide bonds. The molecular formula is C19H16F2N2O2. The van der Waals surface area contributed by atoms with E-state index in [0.29, 0.717) is 22.5 Å². The van der Waals surface area contributed by atoms with Gasteiger partial charge in [0.1, 0.15) is 23.3 Å². The number of aromatic amines is 1. The predicted molar refractivity (Wildman–Crippen MR) is 91.2 cm³/mol. The molecule has 0 saturated heterocycles. The average molecular weight is 342 g/mol. The van der Waals surface area contributed by atoms with E-state index in [4.69, 9.17) is 9.15 Å². The van der Waals surface area contributed by atoms with Crippen molar-refractivity contribution >= 4 is 16.6 Å². The molecule has 0 aromatic carbocycles. The smallest absolute Gasteiger partial charge is 0.164 e. The minimum Gasteiger partial charge on any atom is -0.493 e. The summed E-state index contributed by atoms with van der Waals surface area (Å²) in [6.07, 6.45) is 3.00. The minimum atomic E-state index is -1.39. The van der Waals surface area contributed by atoms with Gasteiger partial charge in [-0.25, -0.2) is 13.8 Å². The van der Waals surface area contributed by atoms with E-state index in [-0.39, 0.29) is 12.2 Å². The number of alkyl halides is 1. The summed E-state index contributed by atoms with van der Waals surface area (Å²) < 4.78 is 38.8. The second-order valence-electron chi connectivity index (χ2n) is 5.98. The molecule has 6 heteroatoms. The minimum absolute atomic E-state index is 0.0492. The molecule has 0 spiro atoms. The molecule has 1 atom stereocenters. The monoisotopic (exact) mass is 342 g/mol. The van der Waals surface area contributed by atoms with Crippen molar-refractivity contribution in [2.75, 3.05) is 7.11 Å². The van der Waals surface area contributed by atoms with Crippen LogP contribution in [0.3, 0.4) is 0 Å². The maximum atomic E-state index is 14.1. The van der Waals surface area contributed by atoms with Crippen molar-refractivity contribution < 1.29 is 17.9 Å². The number of allylic oxidation sites excluding steroid dienone is 3. The Balaban J connectivity index is 1.89. The summed E-state index contributed by atoms with van der Waals surface area (Å²) >= 11 is 0. The fraction of sp³-hybridized carbons (Fsp3) is 0.211. The largest absolute Gasteiger partial charge is 0.493 e. The Morgan fingerprint density at radius 3 is 2.92 bits per heavy atom. The van der Waals surface area contributed by atoms with Gasteiger partial charge in [-0.2, -0.15) is 0 Å². The molecule has 25 heavy (non-hydrogen) atoms. The van der Waals surface area contributed by atoms with Gasteiger partial charge < -0.3 is 14.1 Å². The third-order valence-electron chi connectivity index (χ3n) is 4.30. The summed E-state index contributed by atoms with van der Waals surface area (Å²) in [5.41, 5.74) is 2.59. The number of hydrogen-bond donors (Lipinski definition) is 1. The molecular weight excluding hydrogens is 326 g/mol. The Kier molecular flexibility index (Phi) is 3.67. The molecule has 3 aromatic heterocycles. The van der Waals surface area contributed by atoms with Crippen LogP contribution in [0, 0.1) is 6.92 Å². The molecule has 1 aliphatic carbocycles. The van der Waals surface area contributed by atoms with Gasteiger partial charge in [-0.15, -0.1) is 0 Å². The zero-order valence-corrected chi connectivity index (χ0v) is 13.8. The normalized spacial score (nSPS) is 17.9. The number of rotatable bonds is 3. The van der Waals surface area contributed by atoms with Gasteiger partial charge in [0.05, 0.1) is 7.11 Å². The molecule has 0 bridgehead atoms. The first-order chi connectivity index (χ1) is 12.1. The van der Waals surface area contributed by atoms with Crippen molar-refractivity contribution in [1.82, 2.24) is 9.97 Å². The predicted octanol–water partition coefficient (Wildman–Crippen LogP) is 5.08. The van der Waals surface area contributed by atoms with E-state index in [9.17, 15) is 8.78 Å². The highest BCUT2D eigenvalue weighted by Crippen LogP contribution is 2.38. The Morgan fingerprint density at radius 1 is 1.36 bits per heavy atom. The van der Waals surface area contributed by atoms with Gasteiger partial charge in [0, 0.05) is 40.9 Å². The molecule has 0 fully saturated rings. The molecule has 3 heterocycles. The zero-order valence-electron chi connectivity index (χ0n) is 13.8. The quantitative estimate of drug-likeness (QED) is 0.722. The second-order valence-corrected chi connectivity index (χ2v) is 5.98. The van der Waals surface area contributed by atoms with Crippen LogP contribution in [0.4, 0.5) is 8.78 Å². The van der Waals surface area contributed by atoms with Crippen LogP contribution in [0.1, 0.15) is 17.7 Å². The zero-order chi connectivity index (χ0) is 17.6. The van der Waals surface area contributed by atoms with Crippen LogP contribution in [-0.2, 0) is 4.74 Å². The molecule has 0 radical (unpaired) electrons. The average Bonchev–Trinajstić information content (AvgIpc) is 3.19. The van der Waals surface area contributed by atoms with E-state index in [2.05, 4.69) is 9.97 Å². The van der Waals surface area contributed by atoms with E-state index in [0.717, 1.165) is 22.8 Å². The van der Waals surface area contributed by atoms with Crippen molar-refractivity contribution in [3.63, 3.8) is 0 Å². The lowest BCUT2D eigenvalue weighted by atomic mass is 9.94. The number of methoxy groups -OCH3 is 1. The van der Waals surface area contributed by atoms with Crippen molar-refractivity contribution in [1.29, 1.82) is 0 Å². The van der Waals surface area contributed by atoms with Gasteiger partial charge in [-0.1, -0.05) is 0 Å². The number of H-pyrrole nitrogens is 1. The van der Waals surface area contributed by atoms with Crippen molar-refractivity contribution in [2.45, 2.75) is 19.5 Å². The summed E-state index contributed by atoms with van der Waals surface area (Å²) in [7, 11) is 1.38. The lowest BCUT2D eigenvalue weighted by Gasteiger charge is -2.18. The number of fused-ring (bicyclic) bond motifs is 1. The molecule has 0 saturated carbocycles. The molecule has 1 aliphatic rings. The summed E-state index contributed by atoms with van der Waals surface area (Å²) in [6.45, 7) is 1.87. The molecule has 4 rings (SSSR count). The Bertz CT molecular complexity index is 1010. The van der Waals surface area contributed by atoms with Crippen LogP contribution in [0.5, 0.6) is 0 Å². The van der Waals surface area contributed by atoms with Crippen LogP contribution in [0.15, 0.2) is 52.7 Å². The lowest BCUT2D eigenvalue weighted by Crippen LogP contribution is -2.09. The van der Waals surface area contributed by atoms with E-state index < -0.39 is 12.0 Å². The van der Waals surface area contributed by atoms with Crippen LogP contribution in [0.2, 0.25) is 0 Å². The molecule has 1 unspecified atom stereocenters. The van der Waals surface area contributed by atoms with Gasteiger partial charge in [0.2, 0.25) is 0 Å². The van der Waals surface area contributed by atoms with E-state index in [1.165, 1.54) is 7.11 Å². The lowest BCUT2D eigenvalue weighted by molar-refractivity contribution is 0.273. The van der Waals surface area contributed by atoms with E-state index >= 15 is 0 Å². The van der Waals surface area contributed by atoms with E-state index in [1.807, 2.05) is 25.1 Å². The summed E-state index contributed by atoms with van der Waals surface area (Å²) in [6, 6.07) is 5.64. The highest BCUT2D eigenvalue weighted by atomic mass is 19.1. The maximum absolute atomic E-state index is 14.1. The van der Waals surface area contributed by atoms with Gasteiger partial charge >= 0.3 is 0 Å². The molecule has 128 valence electrons. The van der Waals surface area contributed by atoms with Crippen molar-refractivity contribution in [3.05, 3.63) is 59.6 Å². The van der Waals surface area contributed by atoms with Crippen molar-refractivity contribution in [2.24, 2.45) is 0 Å². The third-order valence-corrected chi connectivity index (χ3v) is 4.30. The summed E-state index contributed by atoms with van der Waals surface area (Å²) in [5.74, 6) is 0.872. The first kappa shape index (κ1) is 15.6. The number of hydrogen-bond acceptors (Lipinski definition) is 3. The highest BCUT2D eigenvalue weighted by molar-refractivity contribution is 5.94. The fourth-order valence-electron chi connectivity index (χ4n) is 3.16. The number of halogens is 2. The first-order valence-electron chi connectivity index (χ1n) is 7.90. The maximum Gasteiger partial charge on any atom is 0.164 e. The third kappa shape index (κ3) is 2.63. The number of aromatic nitrogens is 2. The number of aryl methyl sites for hydroxylation is 1. The Labute approximate surface area is 142 Å². The van der Waals surface area contributed by atoms with Crippen LogP contribution >= 0.6 is 0 Å². The van der Waals surface area contributed by atoms with Crippen molar-refractivity contribution in [3.8, 4) is 11.3 Å². The highest BCUT2D eigenvalue weighted by Gasteiger charge is 2.26. The molecule has 3 aromatic rings. The Hall–Kier alpha value is -2.89. The number of nitrogens with zero attached hydrogens (tertiary/aromatic N) is 1. The van der Waals surface area contributed by atoms with Gasteiger partial charge in [-0.3, -0.25) is 0 Å². The molecule has 1 N–H and O–H groups in total.